The minimum Gasteiger partial charge on any atom is -0.448 e. The summed E-state index contributed by atoms with van der Waals surface area (Å²) >= 11 is 0. The summed E-state index contributed by atoms with van der Waals surface area (Å²) in [5, 5.41) is 14.6. The number of nitro groups is 1. The molecule has 0 saturated heterocycles. The van der Waals surface area contributed by atoms with E-state index in [1.165, 1.54) is 18.2 Å². The number of nitro benzene ring substituents is 1. The molecule has 1 amide bonds. The minimum absolute atomic E-state index is 0.120. The van der Waals surface area contributed by atoms with E-state index >= 15 is 0 Å². The highest BCUT2D eigenvalue weighted by atomic mass is 32.2. The second-order valence-corrected chi connectivity index (χ2v) is 6.92. The maximum absolute atomic E-state index is 11.5. The van der Waals surface area contributed by atoms with Crippen molar-refractivity contribution in [2.45, 2.75) is 38.1 Å². The van der Waals surface area contributed by atoms with Gasteiger partial charge in [0.2, 0.25) is 10.9 Å². The second kappa shape index (κ2) is 9.22. The zero-order valence-electron chi connectivity index (χ0n) is 14.1. The van der Waals surface area contributed by atoms with Gasteiger partial charge in [-0.2, -0.15) is 0 Å². The zero-order chi connectivity index (χ0) is 19.1. The molecule has 0 bridgehead atoms. The summed E-state index contributed by atoms with van der Waals surface area (Å²) in [5.41, 5.74) is 5.12. The van der Waals surface area contributed by atoms with Gasteiger partial charge < -0.3 is 15.8 Å². The van der Waals surface area contributed by atoms with E-state index in [2.05, 4.69) is 10.1 Å². The largest absolute Gasteiger partial charge is 0.448 e. The van der Waals surface area contributed by atoms with Crippen molar-refractivity contribution < 1.29 is 22.9 Å². The third-order valence-electron chi connectivity index (χ3n) is 4.19. The predicted molar refractivity (Wildman–Crippen MR) is 96.8 cm³/mol. The van der Waals surface area contributed by atoms with Crippen LogP contribution in [0.1, 0.15) is 32.1 Å². The van der Waals surface area contributed by atoms with Crippen LogP contribution in [0, 0.1) is 10.1 Å². The Bertz CT molecular complexity index is 725. The summed E-state index contributed by atoms with van der Waals surface area (Å²) in [7, 11) is -3.07. The summed E-state index contributed by atoms with van der Waals surface area (Å²) in [6, 6.07) is 4.35. The number of ether oxygens (including phenoxy) is 1. The standard InChI is InChI=1S/C15H22N4O6S/c16-15(20)25-9-8-18(26(23)24)12-6-7-13(14(10-12)19(21)22)17-11-4-2-1-3-5-11/h6-7,10-11,17,26H,1-5,8-9H2,(H2,16,20). The lowest BCUT2D eigenvalue weighted by Gasteiger charge is -2.24. The minimum atomic E-state index is -3.07. The van der Waals surface area contributed by atoms with Gasteiger partial charge in [-0.3, -0.25) is 14.4 Å². The quantitative estimate of drug-likeness (QED) is 0.351. The van der Waals surface area contributed by atoms with Crippen LogP contribution >= 0.6 is 0 Å². The third-order valence-corrected chi connectivity index (χ3v) is 5.01. The maximum atomic E-state index is 11.5. The molecule has 0 aromatic heterocycles. The highest BCUT2D eigenvalue weighted by Gasteiger charge is 2.21. The molecule has 0 spiro atoms. The topological polar surface area (TPSA) is 145 Å². The van der Waals surface area contributed by atoms with Gasteiger partial charge in [-0.25, -0.2) is 13.2 Å². The third kappa shape index (κ3) is 5.48. The van der Waals surface area contributed by atoms with E-state index in [4.69, 9.17) is 5.73 Å². The van der Waals surface area contributed by atoms with E-state index in [1.54, 1.807) is 0 Å². The van der Waals surface area contributed by atoms with E-state index in [0.717, 1.165) is 36.4 Å². The van der Waals surface area contributed by atoms with Crippen LogP contribution in [-0.4, -0.2) is 38.6 Å². The Labute approximate surface area is 152 Å². The Morgan fingerprint density at radius 3 is 2.62 bits per heavy atom. The number of nitrogens with one attached hydrogen (secondary N) is 1. The van der Waals surface area contributed by atoms with Gasteiger partial charge in [0.1, 0.15) is 12.3 Å². The van der Waals surface area contributed by atoms with Crippen molar-refractivity contribution in [1.82, 2.24) is 0 Å². The zero-order valence-corrected chi connectivity index (χ0v) is 15.0. The maximum Gasteiger partial charge on any atom is 0.404 e. The smallest absolute Gasteiger partial charge is 0.404 e. The van der Waals surface area contributed by atoms with E-state index in [0.29, 0.717) is 5.69 Å². The summed E-state index contributed by atoms with van der Waals surface area (Å²) in [4.78, 5) is 21.5. The van der Waals surface area contributed by atoms with Gasteiger partial charge in [-0.15, -0.1) is 0 Å². The molecule has 1 aromatic carbocycles. The molecule has 0 radical (unpaired) electrons. The lowest BCUT2D eigenvalue weighted by Crippen LogP contribution is -2.28. The van der Waals surface area contributed by atoms with Crippen LogP contribution in [0.2, 0.25) is 0 Å². The summed E-state index contributed by atoms with van der Waals surface area (Å²) in [6.07, 6.45) is 4.19. The molecule has 26 heavy (non-hydrogen) atoms. The molecule has 1 aliphatic rings. The normalized spacial score (nSPS) is 14.8. The Morgan fingerprint density at radius 2 is 2.04 bits per heavy atom. The van der Waals surface area contributed by atoms with Crippen molar-refractivity contribution in [2.24, 2.45) is 5.73 Å². The monoisotopic (exact) mass is 386 g/mol. The fourth-order valence-electron chi connectivity index (χ4n) is 2.96. The van der Waals surface area contributed by atoms with E-state index in [-0.39, 0.29) is 30.6 Å². The highest BCUT2D eigenvalue weighted by Crippen LogP contribution is 2.32. The first kappa shape index (κ1) is 19.8. The highest BCUT2D eigenvalue weighted by molar-refractivity contribution is 7.74. The number of nitrogens with two attached hydrogens (primary N) is 1. The van der Waals surface area contributed by atoms with Crippen molar-refractivity contribution in [2.75, 3.05) is 22.8 Å². The van der Waals surface area contributed by atoms with Crippen molar-refractivity contribution in [3.63, 3.8) is 0 Å². The van der Waals surface area contributed by atoms with Crippen molar-refractivity contribution in [3.05, 3.63) is 28.3 Å². The molecule has 1 saturated carbocycles. The van der Waals surface area contributed by atoms with Crippen LogP contribution in [-0.2, 0) is 15.6 Å². The van der Waals surface area contributed by atoms with Crippen LogP contribution in [0.15, 0.2) is 18.2 Å². The lowest BCUT2D eigenvalue weighted by atomic mass is 9.95. The number of carbonyl (C=O) groups is 1. The van der Waals surface area contributed by atoms with E-state index in [1.807, 2.05) is 0 Å². The van der Waals surface area contributed by atoms with Crippen LogP contribution < -0.4 is 15.4 Å². The predicted octanol–water partition coefficient (Wildman–Crippen LogP) is 1.77. The molecule has 144 valence electrons. The van der Waals surface area contributed by atoms with E-state index < -0.39 is 21.9 Å². The molecule has 0 atom stereocenters. The molecule has 3 N–H and O–H groups in total. The number of hydrogen-bond donors (Lipinski definition) is 3. The molecule has 1 aromatic rings. The average molecular weight is 386 g/mol. The number of rotatable bonds is 8. The Morgan fingerprint density at radius 1 is 1.35 bits per heavy atom. The Hall–Kier alpha value is -2.56. The number of anilines is 2. The summed E-state index contributed by atoms with van der Waals surface area (Å²) in [6.45, 7) is -0.442. The first-order valence-electron chi connectivity index (χ1n) is 8.27. The molecule has 0 heterocycles. The van der Waals surface area contributed by atoms with Crippen LogP contribution in [0.4, 0.5) is 21.9 Å². The van der Waals surface area contributed by atoms with Crippen molar-refractivity contribution >= 4 is 34.0 Å². The number of benzene rings is 1. The molecular weight excluding hydrogens is 364 g/mol. The number of hydrogen-bond acceptors (Lipinski definition) is 7. The number of thiol groups is 1. The number of carbonyl (C=O) groups excluding carboxylic acids is 1. The van der Waals surface area contributed by atoms with Crippen LogP contribution in [0.3, 0.4) is 0 Å². The fraction of sp³-hybridized carbons (Fsp3) is 0.533. The molecule has 11 heteroatoms. The van der Waals surface area contributed by atoms with E-state index in [9.17, 15) is 23.3 Å². The second-order valence-electron chi connectivity index (χ2n) is 5.97. The van der Waals surface area contributed by atoms with Gasteiger partial charge in [0.05, 0.1) is 17.2 Å². The van der Waals surface area contributed by atoms with Crippen molar-refractivity contribution in [3.8, 4) is 0 Å². The molecule has 10 nitrogen and oxygen atoms in total. The Balaban J connectivity index is 2.21. The first-order chi connectivity index (χ1) is 12.4. The lowest BCUT2D eigenvalue weighted by molar-refractivity contribution is -0.383. The molecule has 2 rings (SSSR count). The molecule has 0 aliphatic heterocycles. The van der Waals surface area contributed by atoms with Gasteiger partial charge in [0.25, 0.3) is 5.69 Å². The number of amides is 1. The molecule has 1 aliphatic carbocycles. The van der Waals surface area contributed by atoms with Gasteiger partial charge in [0.15, 0.2) is 0 Å². The van der Waals surface area contributed by atoms with Crippen LogP contribution in [0.25, 0.3) is 0 Å². The molecule has 0 unspecified atom stereocenters. The fourth-order valence-corrected chi connectivity index (χ4v) is 3.52. The summed E-state index contributed by atoms with van der Waals surface area (Å²) < 4.78 is 28.4. The van der Waals surface area contributed by atoms with Gasteiger partial charge in [-0.1, -0.05) is 19.3 Å². The Kier molecular flexibility index (Phi) is 7.01. The van der Waals surface area contributed by atoms with Gasteiger partial charge in [0, 0.05) is 12.1 Å². The van der Waals surface area contributed by atoms with Crippen molar-refractivity contribution in [1.29, 1.82) is 0 Å². The van der Waals surface area contributed by atoms with Gasteiger partial charge in [-0.05, 0) is 25.0 Å². The van der Waals surface area contributed by atoms with Gasteiger partial charge >= 0.3 is 6.09 Å². The first-order valence-corrected chi connectivity index (χ1v) is 9.40. The number of primary amides is 1. The van der Waals surface area contributed by atoms with Crippen LogP contribution in [0.5, 0.6) is 0 Å². The number of nitrogens with zero attached hydrogens (tertiary/aromatic N) is 2. The molecule has 1 fully saturated rings. The summed E-state index contributed by atoms with van der Waals surface area (Å²) in [5.74, 6) is 0. The SMILES string of the molecule is NC(=O)OCCN(c1ccc(NC2CCCCC2)c([N+](=O)[O-])c1)[SH](=O)=O. The molecular formula is C15H22N4O6S. The average Bonchev–Trinajstić information content (AvgIpc) is 2.59.